The maximum absolute atomic E-state index is 11.8. The van der Waals surface area contributed by atoms with Crippen molar-refractivity contribution in [1.82, 2.24) is 0 Å². The first-order valence-corrected chi connectivity index (χ1v) is 7.27. The number of hydrogen-bond acceptors (Lipinski definition) is 2. The highest BCUT2D eigenvalue weighted by atomic mass is 16.5. The van der Waals surface area contributed by atoms with Gasteiger partial charge in [0.15, 0.2) is 0 Å². The van der Waals surface area contributed by atoms with Crippen LogP contribution in [0.2, 0.25) is 0 Å². The molecular weight excluding hydrogens is 260 g/mol. The molecule has 2 heteroatoms. The highest BCUT2D eigenvalue weighted by Crippen LogP contribution is 2.31. The van der Waals surface area contributed by atoms with E-state index in [1.807, 2.05) is 30.3 Å². The molecule has 0 atom stereocenters. The van der Waals surface area contributed by atoms with Crippen LogP contribution in [0.5, 0.6) is 0 Å². The number of hydrogen-bond donors (Lipinski definition) is 0. The average molecular weight is 278 g/mol. The maximum atomic E-state index is 11.8. The van der Waals surface area contributed by atoms with Gasteiger partial charge in [0.25, 0.3) is 0 Å². The molecule has 0 amide bonds. The van der Waals surface area contributed by atoms with E-state index < -0.39 is 0 Å². The van der Waals surface area contributed by atoms with E-state index in [-0.39, 0.29) is 5.97 Å². The molecule has 0 heterocycles. The van der Waals surface area contributed by atoms with Crippen LogP contribution in [-0.2, 0) is 11.2 Å². The van der Waals surface area contributed by atoms with Crippen molar-refractivity contribution in [3.05, 3.63) is 76.9 Å². The normalized spacial score (nSPS) is 13.9. The molecule has 106 valence electrons. The molecule has 3 rings (SSSR count). The minimum Gasteiger partial charge on any atom is -0.465 e. The predicted octanol–water partition coefficient (Wildman–Crippen LogP) is 4.24. The third-order valence-corrected chi connectivity index (χ3v) is 3.90. The van der Waals surface area contributed by atoms with Gasteiger partial charge >= 0.3 is 5.97 Å². The molecule has 0 N–H and O–H groups in total. The summed E-state index contributed by atoms with van der Waals surface area (Å²) in [5.74, 6) is -0.283. The lowest BCUT2D eigenvalue weighted by Crippen LogP contribution is -2.03. The number of benzene rings is 2. The second kappa shape index (κ2) is 5.96. The number of rotatable bonds is 2. The first kappa shape index (κ1) is 13.6. The summed E-state index contributed by atoms with van der Waals surface area (Å²) in [4.78, 5) is 11.8. The summed E-state index contributed by atoms with van der Waals surface area (Å²) < 4.78 is 4.84. The molecule has 0 radical (unpaired) electrons. The van der Waals surface area contributed by atoms with Crippen LogP contribution in [0.15, 0.2) is 54.6 Å². The van der Waals surface area contributed by atoms with E-state index in [0.29, 0.717) is 5.56 Å². The lowest BCUT2D eigenvalue weighted by molar-refractivity contribution is 0.0600. The molecule has 21 heavy (non-hydrogen) atoms. The van der Waals surface area contributed by atoms with Gasteiger partial charge in [0, 0.05) is 0 Å². The summed E-state index contributed by atoms with van der Waals surface area (Å²) in [6.07, 6.45) is 5.53. The Bertz CT molecular complexity index is 684. The van der Waals surface area contributed by atoms with E-state index >= 15 is 0 Å². The molecule has 0 bridgehead atoms. The van der Waals surface area contributed by atoms with Gasteiger partial charge in [-0.3, -0.25) is 0 Å². The lowest BCUT2D eigenvalue weighted by atomic mass is 9.92. The smallest absolute Gasteiger partial charge is 0.337 e. The molecule has 2 aromatic carbocycles. The topological polar surface area (TPSA) is 26.3 Å². The van der Waals surface area contributed by atoms with Gasteiger partial charge in [-0.25, -0.2) is 4.79 Å². The molecule has 0 saturated carbocycles. The van der Waals surface area contributed by atoms with Crippen molar-refractivity contribution in [2.24, 2.45) is 0 Å². The van der Waals surface area contributed by atoms with Gasteiger partial charge in [0.1, 0.15) is 0 Å². The highest BCUT2D eigenvalue weighted by molar-refractivity contribution is 5.92. The van der Waals surface area contributed by atoms with Gasteiger partial charge in [0.05, 0.1) is 12.7 Å². The Morgan fingerprint density at radius 1 is 1.10 bits per heavy atom. The number of fused-ring (bicyclic) bond motifs is 1. The first-order chi connectivity index (χ1) is 10.3. The molecule has 2 aromatic rings. The predicted molar refractivity (Wildman–Crippen MR) is 84.2 cm³/mol. The van der Waals surface area contributed by atoms with Gasteiger partial charge < -0.3 is 4.74 Å². The monoisotopic (exact) mass is 278 g/mol. The Balaban J connectivity index is 2.13. The fourth-order valence-electron chi connectivity index (χ4n) is 2.83. The molecular formula is C19H18O2. The van der Waals surface area contributed by atoms with Crippen LogP contribution in [-0.4, -0.2) is 13.1 Å². The van der Waals surface area contributed by atoms with Crippen LogP contribution in [0.4, 0.5) is 0 Å². The molecule has 0 aromatic heterocycles. The SMILES string of the molecule is COC(=O)c1ccc2c(c1)C(c1ccccc1)=CCCC2. The minimum atomic E-state index is -0.283. The van der Waals surface area contributed by atoms with Crippen LogP contribution >= 0.6 is 0 Å². The van der Waals surface area contributed by atoms with E-state index in [0.717, 1.165) is 24.8 Å². The standard InChI is InChI=1S/C19H18O2/c1-21-19(20)16-12-11-15-9-5-6-10-17(18(15)13-16)14-7-3-2-4-8-14/h2-4,7-8,10-13H,5-6,9H2,1H3. The van der Waals surface area contributed by atoms with Crippen molar-refractivity contribution in [2.45, 2.75) is 19.3 Å². The second-order valence-corrected chi connectivity index (χ2v) is 5.24. The van der Waals surface area contributed by atoms with E-state index in [9.17, 15) is 4.79 Å². The molecule has 0 saturated heterocycles. The number of methoxy groups -OCH3 is 1. The molecule has 0 spiro atoms. The van der Waals surface area contributed by atoms with E-state index in [1.54, 1.807) is 0 Å². The summed E-state index contributed by atoms with van der Waals surface area (Å²) in [6.45, 7) is 0. The third kappa shape index (κ3) is 2.75. The van der Waals surface area contributed by atoms with Crippen molar-refractivity contribution in [2.75, 3.05) is 7.11 Å². The zero-order valence-electron chi connectivity index (χ0n) is 12.1. The van der Waals surface area contributed by atoms with Crippen LogP contribution < -0.4 is 0 Å². The molecule has 1 aliphatic carbocycles. The Morgan fingerprint density at radius 3 is 2.67 bits per heavy atom. The van der Waals surface area contributed by atoms with Gasteiger partial charge in [-0.15, -0.1) is 0 Å². The number of carbonyl (C=O) groups is 1. The third-order valence-electron chi connectivity index (χ3n) is 3.90. The molecule has 0 aliphatic heterocycles. The van der Waals surface area contributed by atoms with Gasteiger partial charge in [-0.05, 0) is 53.7 Å². The summed E-state index contributed by atoms with van der Waals surface area (Å²) >= 11 is 0. The van der Waals surface area contributed by atoms with E-state index in [2.05, 4.69) is 24.3 Å². The Kier molecular flexibility index (Phi) is 3.87. The number of ether oxygens (including phenoxy) is 1. The minimum absolute atomic E-state index is 0.283. The molecule has 0 fully saturated rings. The van der Waals surface area contributed by atoms with Crippen molar-refractivity contribution < 1.29 is 9.53 Å². The Labute approximate surface area is 125 Å². The van der Waals surface area contributed by atoms with Crippen LogP contribution in [0.25, 0.3) is 5.57 Å². The molecule has 1 aliphatic rings. The Morgan fingerprint density at radius 2 is 1.90 bits per heavy atom. The van der Waals surface area contributed by atoms with Crippen LogP contribution in [0.3, 0.4) is 0 Å². The van der Waals surface area contributed by atoms with Crippen LogP contribution in [0.1, 0.15) is 39.9 Å². The zero-order chi connectivity index (χ0) is 14.7. The van der Waals surface area contributed by atoms with Crippen molar-refractivity contribution in [1.29, 1.82) is 0 Å². The zero-order valence-corrected chi connectivity index (χ0v) is 12.1. The molecule has 0 unspecified atom stereocenters. The fourth-order valence-corrected chi connectivity index (χ4v) is 2.83. The average Bonchev–Trinajstić information content (AvgIpc) is 2.76. The van der Waals surface area contributed by atoms with Gasteiger partial charge in [-0.2, -0.15) is 0 Å². The van der Waals surface area contributed by atoms with Crippen molar-refractivity contribution in [3.8, 4) is 0 Å². The summed E-state index contributed by atoms with van der Waals surface area (Å²) in [5, 5.41) is 0. The van der Waals surface area contributed by atoms with E-state index in [1.165, 1.54) is 23.8 Å². The van der Waals surface area contributed by atoms with Crippen molar-refractivity contribution in [3.63, 3.8) is 0 Å². The van der Waals surface area contributed by atoms with E-state index in [4.69, 9.17) is 4.74 Å². The quantitative estimate of drug-likeness (QED) is 0.768. The number of esters is 1. The largest absolute Gasteiger partial charge is 0.465 e. The molecule has 2 nitrogen and oxygen atoms in total. The fraction of sp³-hybridized carbons (Fsp3) is 0.211. The number of allylic oxidation sites excluding steroid dienone is 1. The lowest BCUT2D eigenvalue weighted by Gasteiger charge is -2.13. The number of carbonyl (C=O) groups excluding carboxylic acids is 1. The van der Waals surface area contributed by atoms with Gasteiger partial charge in [0.2, 0.25) is 0 Å². The van der Waals surface area contributed by atoms with Crippen molar-refractivity contribution >= 4 is 11.5 Å². The summed E-state index contributed by atoms with van der Waals surface area (Å²) in [6, 6.07) is 16.2. The maximum Gasteiger partial charge on any atom is 0.337 e. The number of aryl methyl sites for hydroxylation is 1. The second-order valence-electron chi connectivity index (χ2n) is 5.24. The van der Waals surface area contributed by atoms with Crippen LogP contribution in [0, 0.1) is 0 Å². The summed E-state index contributed by atoms with van der Waals surface area (Å²) in [7, 11) is 1.42. The first-order valence-electron chi connectivity index (χ1n) is 7.27. The summed E-state index contributed by atoms with van der Waals surface area (Å²) in [5.41, 5.74) is 5.48. The van der Waals surface area contributed by atoms with Gasteiger partial charge in [-0.1, -0.05) is 42.5 Å². The Hall–Kier alpha value is -2.35. The highest BCUT2D eigenvalue weighted by Gasteiger charge is 2.16.